The van der Waals surface area contributed by atoms with Gasteiger partial charge in [-0.15, -0.1) is 0 Å². The fourth-order valence-electron chi connectivity index (χ4n) is 5.93. The number of fused-ring (bicyclic) bond motifs is 2. The first-order valence-electron chi connectivity index (χ1n) is 12.9. The van der Waals surface area contributed by atoms with Crippen molar-refractivity contribution in [2.45, 2.75) is 40.4 Å². The summed E-state index contributed by atoms with van der Waals surface area (Å²) in [4.78, 5) is 3.06. The van der Waals surface area contributed by atoms with Crippen LogP contribution in [0, 0.1) is 5.82 Å². The first kappa shape index (κ1) is 27.0. The summed E-state index contributed by atoms with van der Waals surface area (Å²) in [6.45, 7) is 2.56. The topological polar surface area (TPSA) is 74.8 Å². The molecule has 0 saturated carbocycles. The van der Waals surface area contributed by atoms with Gasteiger partial charge in [0.05, 0.1) is 15.5 Å². The Morgan fingerprint density at radius 2 is 1.58 bits per heavy atom. The third-order valence-electron chi connectivity index (χ3n) is 8.14. The van der Waals surface area contributed by atoms with Crippen LogP contribution in [-0.4, -0.2) is 65.0 Å². The van der Waals surface area contributed by atoms with E-state index in [9.17, 15) is 21.2 Å². The highest BCUT2D eigenvalue weighted by molar-refractivity contribution is 7.91. The van der Waals surface area contributed by atoms with Gasteiger partial charge in [0.15, 0.2) is 9.84 Å². The first-order chi connectivity index (χ1) is 18.1. The molecular formula is C29H33FN2O4S2. The lowest BCUT2D eigenvalue weighted by molar-refractivity contribution is 0.165. The van der Waals surface area contributed by atoms with E-state index in [2.05, 4.69) is 4.90 Å². The molecule has 5 rings (SSSR count). The molecule has 1 saturated heterocycles. The molecule has 0 aliphatic carbocycles. The average molecular weight is 557 g/mol. The van der Waals surface area contributed by atoms with Crippen LogP contribution in [0.5, 0.6) is 0 Å². The molecule has 3 aromatic rings. The zero-order valence-corrected chi connectivity index (χ0v) is 23.1. The van der Waals surface area contributed by atoms with Crippen molar-refractivity contribution in [2.75, 3.05) is 39.0 Å². The van der Waals surface area contributed by atoms with Crippen molar-refractivity contribution in [3.05, 3.63) is 95.8 Å². The third kappa shape index (κ3) is 5.30. The summed E-state index contributed by atoms with van der Waals surface area (Å²) in [7, 11) is -5.33. The number of likely N-dealkylation sites (tertiary alicyclic amines) is 1. The lowest BCUT2D eigenvalue weighted by Gasteiger charge is -2.39. The molecule has 1 spiro atoms. The minimum absolute atomic E-state index is 0.123. The smallest absolute Gasteiger partial charge is 0.242 e. The van der Waals surface area contributed by atoms with Crippen LogP contribution in [0.15, 0.2) is 88.7 Å². The van der Waals surface area contributed by atoms with Crippen LogP contribution in [0.3, 0.4) is 0 Å². The number of nitrogens with zero attached hydrogens (tertiary/aromatic N) is 2. The third-order valence-corrected chi connectivity index (χ3v) is 11.9. The van der Waals surface area contributed by atoms with Crippen molar-refractivity contribution < 1.29 is 21.2 Å². The fraction of sp³-hybridized carbons (Fsp3) is 0.379. The molecule has 2 heterocycles. The predicted octanol–water partition coefficient (Wildman–Crippen LogP) is 4.44. The minimum Gasteiger partial charge on any atom is -0.303 e. The van der Waals surface area contributed by atoms with E-state index >= 15 is 0 Å². The molecule has 0 aromatic heterocycles. The van der Waals surface area contributed by atoms with Gasteiger partial charge in [-0.25, -0.2) is 25.5 Å². The predicted molar refractivity (Wildman–Crippen MR) is 146 cm³/mol. The summed E-state index contributed by atoms with van der Waals surface area (Å²) in [6.07, 6.45) is 2.24. The highest BCUT2D eigenvalue weighted by atomic mass is 32.2. The fourth-order valence-corrected chi connectivity index (χ4v) is 9.40. The summed E-state index contributed by atoms with van der Waals surface area (Å²) in [5, 5.41) is 0. The molecule has 3 aromatic carbocycles. The Balaban J connectivity index is 1.28. The number of benzene rings is 3. The molecule has 1 unspecified atom stereocenters. The van der Waals surface area contributed by atoms with Crippen LogP contribution in [0.1, 0.15) is 36.3 Å². The summed E-state index contributed by atoms with van der Waals surface area (Å²) in [5.41, 5.74) is 1.52. The highest BCUT2D eigenvalue weighted by Crippen LogP contribution is 2.46. The standard InChI is InChI=1S/C29H33FN2O4S2/c1-31(38(35,36)26-7-3-2-4-8-26)21-24(23-11-13-25(30)14-12-23)15-18-32-19-16-29(17-20-32)22-37(33,34)28-10-6-5-9-27(28)29/h2-14,24H,15-22H2,1H3. The summed E-state index contributed by atoms with van der Waals surface area (Å²) >= 11 is 0. The van der Waals surface area contributed by atoms with Crippen molar-refractivity contribution in [1.29, 1.82) is 0 Å². The number of piperidine rings is 1. The molecule has 6 nitrogen and oxygen atoms in total. The Kier molecular flexibility index (Phi) is 7.48. The SMILES string of the molecule is CN(CC(CCN1CCC2(CC1)CS(=O)(=O)c1ccccc12)c1ccc(F)cc1)S(=O)(=O)c1ccccc1. The van der Waals surface area contributed by atoms with Crippen molar-refractivity contribution in [2.24, 2.45) is 0 Å². The molecule has 0 amide bonds. The van der Waals surface area contributed by atoms with Crippen LogP contribution < -0.4 is 0 Å². The number of halogens is 1. The molecule has 2 aliphatic heterocycles. The van der Waals surface area contributed by atoms with Gasteiger partial charge in [0, 0.05) is 19.0 Å². The van der Waals surface area contributed by atoms with Crippen molar-refractivity contribution >= 4 is 19.9 Å². The normalized spacial score (nSPS) is 19.4. The Labute approximate surface area is 225 Å². The van der Waals surface area contributed by atoms with Crippen molar-refractivity contribution in [1.82, 2.24) is 9.21 Å². The van der Waals surface area contributed by atoms with Gasteiger partial charge >= 0.3 is 0 Å². The van der Waals surface area contributed by atoms with E-state index in [-0.39, 0.29) is 34.3 Å². The van der Waals surface area contributed by atoms with Gasteiger partial charge in [-0.05, 0) is 86.3 Å². The molecule has 202 valence electrons. The Bertz CT molecular complexity index is 1490. The van der Waals surface area contributed by atoms with E-state index in [1.807, 2.05) is 12.1 Å². The van der Waals surface area contributed by atoms with Gasteiger partial charge in [-0.2, -0.15) is 0 Å². The second-order valence-corrected chi connectivity index (χ2v) is 14.5. The van der Waals surface area contributed by atoms with Gasteiger partial charge in [-0.3, -0.25) is 0 Å². The molecule has 0 radical (unpaired) electrons. The molecule has 1 fully saturated rings. The van der Waals surface area contributed by atoms with E-state index in [1.165, 1.54) is 16.4 Å². The summed E-state index contributed by atoms with van der Waals surface area (Å²) in [5.74, 6) is -0.276. The highest BCUT2D eigenvalue weighted by Gasteiger charge is 2.48. The van der Waals surface area contributed by atoms with Crippen LogP contribution in [0.4, 0.5) is 4.39 Å². The minimum atomic E-state index is -3.66. The maximum atomic E-state index is 13.6. The van der Waals surface area contributed by atoms with Crippen molar-refractivity contribution in [3.63, 3.8) is 0 Å². The largest absolute Gasteiger partial charge is 0.303 e. The second-order valence-electron chi connectivity index (χ2n) is 10.5. The van der Waals surface area contributed by atoms with Gasteiger partial charge in [0.2, 0.25) is 10.0 Å². The van der Waals surface area contributed by atoms with E-state index in [0.717, 1.165) is 43.6 Å². The number of hydrogen-bond acceptors (Lipinski definition) is 5. The van der Waals surface area contributed by atoms with E-state index in [1.54, 1.807) is 61.6 Å². The van der Waals surface area contributed by atoms with Crippen LogP contribution in [0.2, 0.25) is 0 Å². The maximum absolute atomic E-state index is 13.6. The Morgan fingerprint density at radius 1 is 0.947 bits per heavy atom. The molecule has 2 aliphatic rings. The van der Waals surface area contributed by atoms with E-state index in [0.29, 0.717) is 11.3 Å². The van der Waals surface area contributed by atoms with Gasteiger partial charge < -0.3 is 4.90 Å². The first-order valence-corrected chi connectivity index (χ1v) is 16.0. The second kappa shape index (κ2) is 10.5. The average Bonchev–Trinajstić information content (AvgIpc) is 3.14. The number of sulfonamides is 1. The number of sulfone groups is 1. The van der Waals surface area contributed by atoms with Crippen LogP contribution in [0.25, 0.3) is 0 Å². The van der Waals surface area contributed by atoms with Gasteiger partial charge in [0.1, 0.15) is 5.82 Å². The van der Waals surface area contributed by atoms with Crippen LogP contribution in [-0.2, 0) is 25.3 Å². The van der Waals surface area contributed by atoms with Gasteiger partial charge in [0.25, 0.3) is 0 Å². The number of likely N-dealkylation sites (N-methyl/N-ethyl adjacent to an activating group) is 1. The maximum Gasteiger partial charge on any atom is 0.242 e. The zero-order chi connectivity index (χ0) is 27.0. The Morgan fingerprint density at radius 3 is 2.26 bits per heavy atom. The van der Waals surface area contributed by atoms with Gasteiger partial charge in [-0.1, -0.05) is 48.5 Å². The molecule has 38 heavy (non-hydrogen) atoms. The summed E-state index contributed by atoms with van der Waals surface area (Å²) in [6, 6.07) is 22.0. The summed E-state index contributed by atoms with van der Waals surface area (Å²) < 4.78 is 66.9. The molecule has 0 N–H and O–H groups in total. The molecule has 1 atom stereocenters. The molecule has 0 bridgehead atoms. The zero-order valence-electron chi connectivity index (χ0n) is 21.5. The number of rotatable bonds is 8. The lowest BCUT2D eigenvalue weighted by atomic mass is 9.74. The lowest BCUT2D eigenvalue weighted by Crippen LogP contribution is -2.44. The molecule has 9 heteroatoms. The van der Waals surface area contributed by atoms with E-state index < -0.39 is 19.9 Å². The van der Waals surface area contributed by atoms with Crippen LogP contribution >= 0.6 is 0 Å². The van der Waals surface area contributed by atoms with Crippen molar-refractivity contribution in [3.8, 4) is 0 Å². The molecular weight excluding hydrogens is 523 g/mol. The Hall–Kier alpha value is -2.59. The quantitative estimate of drug-likeness (QED) is 0.410. The van der Waals surface area contributed by atoms with E-state index in [4.69, 9.17) is 0 Å². The monoisotopic (exact) mass is 556 g/mol. The number of hydrogen-bond donors (Lipinski definition) is 0.